The van der Waals surface area contributed by atoms with Gasteiger partial charge in [-0.2, -0.15) is 0 Å². The Morgan fingerprint density at radius 3 is 2.29 bits per heavy atom. The smallest absolute Gasteiger partial charge is 0.00614 e. The van der Waals surface area contributed by atoms with Gasteiger partial charge in [-0.3, -0.25) is 0 Å². The second-order valence-electron chi connectivity index (χ2n) is 4.87. The summed E-state index contributed by atoms with van der Waals surface area (Å²) in [6, 6.07) is 0.692. The van der Waals surface area contributed by atoms with Crippen molar-refractivity contribution < 1.29 is 0 Å². The molecule has 0 rings (SSSR count). The maximum Gasteiger partial charge on any atom is 0.00614 e. The Kier molecular flexibility index (Phi) is 6.38. The topological polar surface area (TPSA) is 15.3 Å². The third kappa shape index (κ3) is 4.43. The average Bonchev–Trinajstić information content (AvgIpc) is 2.16. The molecular formula is C12H28N2. The predicted molar refractivity (Wildman–Crippen MR) is 64.7 cm³/mol. The summed E-state index contributed by atoms with van der Waals surface area (Å²) >= 11 is 0. The number of hydrogen-bond donors (Lipinski definition) is 1. The van der Waals surface area contributed by atoms with E-state index in [9.17, 15) is 0 Å². The van der Waals surface area contributed by atoms with Gasteiger partial charge in [0.05, 0.1) is 0 Å². The van der Waals surface area contributed by atoms with Gasteiger partial charge in [0.15, 0.2) is 0 Å². The van der Waals surface area contributed by atoms with Crippen LogP contribution in [0.2, 0.25) is 0 Å². The highest BCUT2D eigenvalue weighted by Crippen LogP contribution is 2.22. The molecule has 0 saturated heterocycles. The van der Waals surface area contributed by atoms with Crippen molar-refractivity contribution in [1.82, 2.24) is 10.2 Å². The molecule has 2 atom stereocenters. The van der Waals surface area contributed by atoms with Crippen LogP contribution in [0, 0.1) is 5.41 Å². The quantitative estimate of drug-likeness (QED) is 0.678. The van der Waals surface area contributed by atoms with E-state index in [1.165, 1.54) is 19.4 Å². The highest BCUT2D eigenvalue weighted by Gasteiger charge is 2.24. The van der Waals surface area contributed by atoms with E-state index in [4.69, 9.17) is 0 Å². The first kappa shape index (κ1) is 13.9. The molecule has 14 heavy (non-hydrogen) atoms. The van der Waals surface area contributed by atoms with Gasteiger partial charge in [-0.15, -0.1) is 0 Å². The van der Waals surface area contributed by atoms with Crippen molar-refractivity contribution in [2.45, 2.75) is 46.6 Å². The van der Waals surface area contributed by atoms with Gasteiger partial charge in [0, 0.05) is 19.1 Å². The lowest BCUT2D eigenvalue weighted by Crippen LogP contribution is -2.42. The molecule has 0 fully saturated rings. The second kappa shape index (κ2) is 6.41. The zero-order valence-corrected chi connectivity index (χ0v) is 10.9. The van der Waals surface area contributed by atoms with Crippen LogP contribution in [0.4, 0.5) is 0 Å². The van der Waals surface area contributed by atoms with E-state index in [0.717, 1.165) is 6.54 Å². The molecular weight excluding hydrogens is 172 g/mol. The lowest BCUT2D eigenvalue weighted by atomic mass is 9.86. The maximum absolute atomic E-state index is 3.29. The van der Waals surface area contributed by atoms with Crippen LogP contribution < -0.4 is 5.32 Å². The van der Waals surface area contributed by atoms with Crippen molar-refractivity contribution in [3.63, 3.8) is 0 Å². The molecule has 0 aromatic rings. The number of nitrogens with one attached hydrogen (secondary N) is 1. The van der Waals surface area contributed by atoms with Gasteiger partial charge in [0.25, 0.3) is 0 Å². The Morgan fingerprint density at radius 1 is 1.36 bits per heavy atom. The van der Waals surface area contributed by atoms with Gasteiger partial charge in [0.1, 0.15) is 0 Å². The number of hydrogen-bond acceptors (Lipinski definition) is 2. The van der Waals surface area contributed by atoms with E-state index < -0.39 is 0 Å². The van der Waals surface area contributed by atoms with Crippen LogP contribution in [0.25, 0.3) is 0 Å². The van der Waals surface area contributed by atoms with E-state index in [-0.39, 0.29) is 0 Å². The molecule has 2 nitrogen and oxygen atoms in total. The zero-order valence-electron chi connectivity index (χ0n) is 10.9. The summed E-state index contributed by atoms with van der Waals surface area (Å²) in [6.45, 7) is 11.5. The maximum atomic E-state index is 3.29. The highest BCUT2D eigenvalue weighted by atomic mass is 15.1. The van der Waals surface area contributed by atoms with Crippen LogP contribution in [0.15, 0.2) is 0 Å². The van der Waals surface area contributed by atoms with E-state index >= 15 is 0 Å². The lowest BCUT2D eigenvalue weighted by Gasteiger charge is -2.35. The molecule has 2 heteroatoms. The molecule has 0 heterocycles. The first-order valence-electron chi connectivity index (χ1n) is 5.84. The Morgan fingerprint density at radius 2 is 1.93 bits per heavy atom. The largest absolute Gasteiger partial charge is 0.319 e. The van der Waals surface area contributed by atoms with Crippen LogP contribution in [-0.2, 0) is 0 Å². The average molecular weight is 200 g/mol. The molecule has 0 saturated carbocycles. The molecule has 0 aliphatic heterocycles. The summed E-state index contributed by atoms with van der Waals surface area (Å²) in [7, 11) is 4.27. The van der Waals surface area contributed by atoms with Crippen LogP contribution in [-0.4, -0.2) is 38.1 Å². The lowest BCUT2D eigenvalue weighted by molar-refractivity contribution is 0.147. The van der Waals surface area contributed by atoms with Crippen molar-refractivity contribution in [2.75, 3.05) is 27.2 Å². The molecule has 0 bridgehead atoms. The summed E-state index contributed by atoms with van der Waals surface area (Å²) in [5.41, 5.74) is 0.410. The molecule has 0 radical (unpaired) electrons. The molecule has 1 N–H and O–H groups in total. The fourth-order valence-electron chi connectivity index (χ4n) is 1.79. The van der Waals surface area contributed by atoms with E-state index in [1.807, 2.05) is 7.05 Å². The first-order chi connectivity index (χ1) is 6.49. The second-order valence-corrected chi connectivity index (χ2v) is 4.87. The normalized spacial score (nSPS) is 18.2. The zero-order chi connectivity index (χ0) is 11.2. The molecule has 0 aromatic carbocycles. The van der Waals surface area contributed by atoms with Crippen LogP contribution in [0.1, 0.15) is 40.5 Å². The SMILES string of the molecule is CCC(C)N(C)CC(C)(CC)CNC. The predicted octanol–water partition coefficient (Wildman–Crippen LogP) is 2.35. The van der Waals surface area contributed by atoms with Crippen LogP contribution in [0.5, 0.6) is 0 Å². The minimum absolute atomic E-state index is 0.410. The number of nitrogens with zero attached hydrogens (tertiary/aromatic N) is 1. The standard InChI is InChI=1S/C12H28N2/c1-7-11(3)14(6)10-12(4,8-2)9-13-5/h11,13H,7-10H2,1-6H3. The third-order valence-corrected chi connectivity index (χ3v) is 3.43. The Bertz CT molecular complexity index is 147. The molecule has 0 aliphatic rings. The summed E-state index contributed by atoms with van der Waals surface area (Å²) in [4.78, 5) is 2.47. The number of rotatable bonds is 7. The third-order valence-electron chi connectivity index (χ3n) is 3.43. The van der Waals surface area contributed by atoms with Gasteiger partial charge in [-0.1, -0.05) is 20.8 Å². The summed E-state index contributed by atoms with van der Waals surface area (Å²) in [5, 5.41) is 3.29. The summed E-state index contributed by atoms with van der Waals surface area (Å²) < 4.78 is 0. The van der Waals surface area contributed by atoms with Crippen molar-refractivity contribution in [3.8, 4) is 0 Å². The molecule has 86 valence electrons. The van der Waals surface area contributed by atoms with Gasteiger partial charge in [0.2, 0.25) is 0 Å². The van der Waals surface area contributed by atoms with Gasteiger partial charge in [-0.25, -0.2) is 0 Å². The molecule has 0 aliphatic carbocycles. The fourth-order valence-corrected chi connectivity index (χ4v) is 1.79. The Hall–Kier alpha value is -0.0800. The van der Waals surface area contributed by atoms with Crippen LogP contribution >= 0.6 is 0 Å². The van der Waals surface area contributed by atoms with E-state index in [0.29, 0.717) is 11.5 Å². The summed E-state index contributed by atoms with van der Waals surface area (Å²) in [6.07, 6.45) is 2.46. The van der Waals surface area contributed by atoms with Crippen molar-refractivity contribution >= 4 is 0 Å². The Labute approximate surface area is 90.1 Å². The fraction of sp³-hybridized carbons (Fsp3) is 1.00. The first-order valence-corrected chi connectivity index (χ1v) is 5.84. The highest BCUT2D eigenvalue weighted by molar-refractivity contribution is 4.79. The molecule has 2 unspecified atom stereocenters. The van der Waals surface area contributed by atoms with Crippen molar-refractivity contribution in [3.05, 3.63) is 0 Å². The van der Waals surface area contributed by atoms with Crippen LogP contribution in [0.3, 0.4) is 0 Å². The van der Waals surface area contributed by atoms with Crippen molar-refractivity contribution in [2.24, 2.45) is 5.41 Å². The van der Waals surface area contributed by atoms with Gasteiger partial charge >= 0.3 is 0 Å². The minimum Gasteiger partial charge on any atom is -0.319 e. The molecule has 0 amide bonds. The van der Waals surface area contributed by atoms with E-state index in [1.54, 1.807) is 0 Å². The molecule has 0 aromatic heterocycles. The van der Waals surface area contributed by atoms with Gasteiger partial charge in [-0.05, 0) is 39.3 Å². The van der Waals surface area contributed by atoms with Gasteiger partial charge < -0.3 is 10.2 Å². The van der Waals surface area contributed by atoms with E-state index in [2.05, 4.69) is 45.0 Å². The summed E-state index contributed by atoms with van der Waals surface area (Å²) in [5.74, 6) is 0. The van der Waals surface area contributed by atoms with Crippen molar-refractivity contribution in [1.29, 1.82) is 0 Å². The molecule has 0 spiro atoms. The Balaban J connectivity index is 4.15. The monoisotopic (exact) mass is 200 g/mol. The minimum atomic E-state index is 0.410.